The first-order valence-electron chi connectivity index (χ1n) is 9.26. The SMILES string of the molecule is CNc1ccc(-c2ccc(Cl)cc2OC(F)(F)F)c(Cl)c1.CSc1ccc(CC=O)cc1. The Labute approximate surface area is 198 Å². The van der Waals surface area contributed by atoms with Gasteiger partial charge in [0.05, 0.1) is 5.02 Å². The zero-order valence-corrected chi connectivity index (χ0v) is 19.5. The topological polar surface area (TPSA) is 38.3 Å². The van der Waals surface area contributed by atoms with Crippen LogP contribution in [0.5, 0.6) is 5.75 Å². The van der Waals surface area contributed by atoms with E-state index in [4.69, 9.17) is 23.2 Å². The predicted octanol–water partition coefficient (Wildman–Crippen LogP) is 7.75. The molecule has 9 heteroatoms. The van der Waals surface area contributed by atoms with Crippen LogP contribution in [-0.4, -0.2) is 26.0 Å². The molecular weight excluding hydrogens is 482 g/mol. The third kappa shape index (κ3) is 7.97. The Morgan fingerprint density at radius 2 is 1.66 bits per heavy atom. The highest BCUT2D eigenvalue weighted by atomic mass is 35.5. The maximum absolute atomic E-state index is 12.5. The Kier molecular flexibility index (Phi) is 9.75. The quantitative estimate of drug-likeness (QED) is 0.276. The molecule has 0 aromatic heterocycles. The van der Waals surface area contributed by atoms with Crippen molar-refractivity contribution in [2.24, 2.45) is 0 Å². The Morgan fingerprint density at radius 3 is 2.19 bits per heavy atom. The number of hydrogen-bond donors (Lipinski definition) is 1. The minimum atomic E-state index is -4.81. The summed E-state index contributed by atoms with van der Waals surface area (Å²) in [6, 6.07) is 17.0. The number of rotatable bonds is 6. The van der Waals surface area contributed by atoms with Crippen molar-refractivity contribution >= 4 is 46.9 Å². The maximum atomic E-state index is 12.5. The van der Waals surface area contributed by atoms with Gasteiger partial charge in [-0.3, -0.25) is 0 Å². The summed E-state index contributed by atoms with van der Waals surface area (Å²) in [6.07, 6.45) is -1.33. The first-order chi connectivity index (χ1) is 15.2. The summed E-state index contributed by atoms with van der Waals surface area (Å²) in [5, 5.41) is 3.33. The summed E-state index contributed by atoms with van der Waals surface area (Å²) in [5.74, 6) is -0.394. The van der Waals surface area contributed by atoms with E-state index in [0.29, 0.717) is 17.0 Å². The molecule has 3 nitrogen and oxygen atoms in total. The maximum Gasteiger partial charge on any atom is 0.573 e. The Morgan fingerprint density at radius 1 is 1.00 bits per heavy atom. The van der Waals surface area contributed by atoms with E-state index in [1.807, 2.05) is 30.5 Å². The van der Waals surface area contributed by atoms with Crippen LogP contribution in [-0.2, 0) is 11.2 Å². The fourth-order valence-corrected chi connectivity index (χ4v) is 3.53. The van der Waals surface area contributed by atoms with Gasteiger partial charge in [0.2, 0.25) is 0 Å². The molecule has 3 rings (SSSR count). The van der Waals surface area contributed by atoms with Gasteiger partial charge in [-0.25, -0.2) is 0 Å². The highest BCUT2D eigenvalue weighted by molar-refractivity contribution is 7.98. The largest absolute Gasteiger partial charge is 0.573 e. The van der Waals surface area contributed by atoms with Crippen LogP contribution in [0.3, 0.4) is 0 Å². The van der Waals surface area contributed by atoms with Crippen LogP contribution in [0.4, 0.5) is 18.9 Å². The lowest BCUT2D eigenvalue weighted by atomic mass is 10.0. The molecule has 0 heterocycles. The number of benzene rings is 3. The summed E-state index contributed by atoms with van der Waals surface area (Å²) in [6.45, 7) is 0. The summed E-state index contributed by atoms with van der Waals surface area (Å²) in [5.41, 5.74) is 2.46. The zero-order chi connectivity index (χ0) is 23.7. The molecule has 0 aliphatic rings. The summed E-state index contributed by atoms with van der Waals surface area (Å²) < 4.78 is 41.5. The molecular formula is C23H20Cl2F3NO2S. The average Bonchev–Trinajstić information content (AvgIpc) is 2.74. The highest BCUT2D eigenvalue weighted by Gasteiger charge is 2.32. The van der Waals surface area contributed by atoms with E-state index in [2.05, 4.69) is 10.1 Å². The van der Waals surface area contributed by atoms with E-state index in [1.165, 1.54) is 17.0 Å². The molecule has 1 N–H and O–H groups in total. The van der Waals surface area contributed by atoms with Gasteiger partial charge in [-0.1, -0.05) is 41.4 Å². The lowest BCUT2D eigenvalue weighted by Crippen LogP contribution is -2.17. The third-order valence-electron chi connectivity index (χ3n) is 4.20. The molecule has 0 unspecified atom stereocenters. The number of carbonyl (C=O) groups excluding carboxylic acids is 1. The van der Waals surface area contributed by atoms with Crippen molar-refractivity contribution in [2.45, 2.75) is 17.7 Å². The highest BCUT2D eigenvalue weighted by Crippen LogP contribution is 2.39. The Hall–Kier alpha value is -2.35. The van der Waals surface area contributed by atoms with Crippen molar-refractivity contribution in [2.75, 3.05) is 18.6 Å². The van der Waals surface area contributed by atoms with Gasteiger partial charge < -0.3 is 14.8 Å². The van der Waals surface area contributed by atoms with Crippen molar-refractivity contribution in [3.63, 3.8) is 0 Å². The van der Waals surface area contributed by atoms with E-state index < -0.39 is 12.1 Å². The molecule has 0 atom stereocenters. The van der Waals surface area contributed by atoms with Gasteiger partial charge in [0.25, 0.3) is 0 Å². The second-order valence-corrected chi connectivity index (χ2v) is 8.08. The van der Waals surface area contributed by atoms with E-state index in [-0.39, 0.29) is 10.6 Å². The second-order valence-electron chi connectivity index (χ2n) is 6.35. The predicted molar refractivity (Wildman–Crippen MR) is 126 cm³/mol. The van der Waals surface area contributed by atoms with Crippen molar-refractivity contribution in [1.29, 1.82) is 0 Å². The second kappa shape index (κ2) is 12.0. The fourth-order valence-electron chi connectivity index (χ4n) is 2.67. The van der Waals surface area contributed by atoms with Gasteiger partial charge >= 0.3 is 6.36 Å². The van der Waals surface area contributed by atoms with Crippen LogP contribution in [0.25, 0.3) is 11.1 Å². The monoisotopic (exact) mass is 501 g/mol. The van der Waals surface area contributed by atoms with Crippen LogP contribution in [0.2, 0.25) is 10.0 Å². The lowest BCUT2D eigenvalue weighted by molar-refractivity contribution is -0.274. The van der Waals surface area contributed by atoms with E-state index >= 15 is 0 Å². The van der Waals surface area contributed by atoms with Gasteiger partial charge in [-0.15, -0.1) is 24.9 Å². The molecule has 0 saturated carbocycles. The van der Waals surface area contributed by atoms with Crippen LogP contribution < -0.4 is 10.1 Å². The van der Waals surface area contributed by atoms with E-state index in [1.54, 1.807) is 37.0 Å². The molecule has 0 aliphatic carbocycles. The van der Waals surface area contributed by atoms with Gasteiger partial charge in [0.15, 0.2) is 0 Å². The fraction of sp³-hybridized carbons (Fsp3) is 0.174. The minimum absolute atomic E-state index is 0.140. The normalized spacial score (nSPS) is 10.7. The summed E-state index contributed by atoms with van der Waals surface area (Å²) in [7, 11) is 1.71. The van der Waals surface area contributed by atoms with E-state index in [0.717, 1.165) is 23.6 Å². The van der Waals surface area contributed by atoms with Gasteiger partial charge in [-0.05, 0) is 54.3 Å². The number of aldehydes is 1. The van der Waals surface area contributed by atoms with Crippen LogP contribution in [0, 0.1) is 0 Å². The number of thioether (sulfide) groups is 1. The number of alkyl halides is 3. The average molecular weight is 502 g/mol. The third-order valence-corrected chi connectivity index (χ3v) is 5.49. The molecule has 0 radical (unpaired) electrons. The Bertz CT molecular complexity index is 1040. The molecule has 0 fully saturated rings. The molecule has 0 aliphatic heterocycles. The molecule has 3 aromatic carbocycles. The van der Waals surface area contributed by atoms with Crippen molar-refractivity contribution in [1.82, 2.24) is 0 Å². The van der Waals surface area contributed by atoms with E-state index in [9.17, 15) is 18.0 Å². The summed E-state index contributed by atoms with van der Waals surface area (Å²) in [4.78, 5) is 11.4. The molecule has 0 amide bonds. The first kappa shape index (κ1) is 25.9. The lowest BCUT2D eigenvalue weighted by Gasteiger charge is -2.15. The van der Waals surface area contributed by atoms with Crippen molar-refractivity contribution in [3.8, 4) is 16.9 Å². The number of ether oxygens (including phenoxy) is 1. The number of hydrogen-bond acceptors (Lipinski definition) is 4. The number of halogens is 5. The molecule has 0 spiro atoms. The number of nitrogens with one attached hydrogen (secondary N) is 1. The van der Waals surface area contributed by atoms with Crippen LogP contribution in [0.1, 0.15) is 5.56 Å². The smallest absolute Gasteiger partial charge is 0.405 e. The molecule has 0 saturated heterocycles. The van der Waals surface area contributed by atoms with Crippen LogP contribution in [0.15, 0.2) is 65.6 Å². The first-order valence-corrected chi connectivity index (χ1v) is 11.2. The minimum Gasteiger partial charge on any atom is -0.405 e. The number of carbonyl (C=O) groups is 1. The van der Waals surface area contributed by atoms with Gasteiger partial charge in [0, 0.05) is 40.2 Å². The zero-order valence-electron chi connectivity index (χ0n) is 17.2. The van der Waals surface area contributed by atoms with Gasteiger partial charge in [-0.2, -0.15) is 0 Å². The van der Waals surface area contributed by atoms with Crippen molar-refractivity contribution in [3.05, 3.63) is 76.3 Å². The molecule has 0 bridgehead atoms. The molecule has 170 valence electrons. The molecule has 3 aromatic rings. The van der Waals surface area contributed by atoms with Crippen LogP contribution >= 0.6 is 35.0 Å². The standard InChI is InChI=1S/C14H10Cl2F3NO.C9H10OS/c1-20-9-3-5-10(12(16)7-9)11-4-2-8(15)6-13(11)21-14(17,18)19;1-11-9-4-2-8(3-5-9)6-7-10/h2-7,20H,1H3;2-5,7H,6H2,1H3. The van der Waals surface area contributed by atoms with Gasteiger partial charge in [0.1, 0.15) is 12.0 Å². The number of anilines is 1. The van der Waals surface area contributed by atoms with Crippen molar-refractivity contribution < 1.29 is 22.7 Å². The summed E-state index contributed by atoms with van der Waals surface area (Å²) >= 11 is 13.6. The molecule has 32 heavy (non-hydrogen) atoms. The Balaban J connectivity index is 0.000000278.